The first-order valence-electron chi connectivity index (χ1n) is 16.6. The van der Waals surface area contributed by atoms with Gasteiger partial charge in [-0.05, 0) is 109 Å². The Morgan fingerprint density at radius 2 is 1.98 bits per heavy atom. The molecule has 44 heavy (non-hydrogen) atoms. The molecule has 0 aromatic rings. The first-order valence-corrected chi connectivity index (χ1v) is 16.6. The molecule has 2 saturated carbocycles. The maximum atomic E-state index is 12.4. The van der Waals surface area contributed by atoms with Crippen molar-refractivity contribution in [1.29, 1.82) is 0 Å². The molecular weight excluding hydrogens is 556 g/mol. The van der Waals surface area contributed by atoms with Crippen molar-refractivity contribution in [2.24, 2.45) is 17.3 Å². The van der Waals surface area contributed by atoms with Gasteiger partial charge >= 0.3 is 0 Å². The number of ether oxygens (including phenoxy) is 1. The molecule has 1 spiro atoms. The second kappa shape index (κ2) is 19.6. The fraction of sp³-hybridized carbons (Fsp3) is 0.694. The van der Waals surface area contributed by atoms with Gasteiger partial charge in [0.05, 0.1) is 31.5 Å². The van der Waals surface area contributed by atoms with Crippen LogP contribution in [-0.4, -0.2) is 91.5 Å². The maximum Gasteiger partial charge on any atom is 0.145 e. The van der Waals surface area contributed by atoms with Crippen LogP contribution in [0.5, 0.6) is 0 Å². The minimum absolute atomic E-state index is 0.00822. The Morgan fingerprint density at radius 3 is 2.64 bits per heavy atom. The molecule has 8 heteroatoms. The fourth-order valence-corrected chi connectivity index (χ4v) is 7.51. The number of carbonyl (C=O) groups is 1. The highest BCUT2D eigenvalue weighted by atomic mass is 16.5. The van der Waals surface area contributed by atoms with E-state index >= 15 is 0 Å². The second-order valence-electron chi connectivity index (χ2n) is 12.7. The Hall–Kier alpha value is -1.91. The number of allylic oxidation sites excluding steroid dienone is 7. The van der Waals surface area contributed by atoms with Gasteiger partial charge in [0.15, 0.2) is 0 Å². The van der Waals surface area contributed by atoms with E-state index in [0.29, 0.717) is 57.1 Å². The predicted molar refractivity (Wildman–Crippen MR) is 178 cm³/mol. The molecule has 8 nitrogen and oxygen atoms in total. The predicted octanol–water partition coefficient (Wildman–Crippen LogP) is 4.17. The Morgan fingerprint density at radius 1 is 1.20 bits per heavy atom. The van der Waals surface area contributed by atoms with Gasteiger partial charge in [0.1, 0.15) is 6.29 Å². The van der Waals surface area contributed by atoms with Crippen LogP contribution in [0.4, 0.5) is 0 Å². The third kappa shape index (κ3) is 9.79. The molecule has 5 unspecified atom stereocenters. The van der Waals surface area contributed by atoms with Gasteiger partial charge in [-0.1, -0.05) is 54.5 Å². The van der Waals surface area contributed by atoms with Crippen molar-refractivity contribution in [3.63, 3.8) is 0 Å². The smallest absolute Gasteiger partial charge is 0.145 e. The van der Waals surface area contributed by atoms with Crippen LogP contribution < -0.4 is 10.6 Å². The molecule has 0 aromatic heterocycles. The first kappa shape index (κ1) is 38.3. The average molecular weight is 617 g/mol. The topological polar surface area (TPSA) is 131 Å². The lowest BCUT2D eigenvalue weighted by Gasteiger charge is -2.57. The second-order valence-corrected chi connectivity index (χ2v) is 12.7. The number of rotatable bonds is 20. The summed E-state index contributed by atoms with van der Waals surface area (Å²) in [5, 5.41) is 50.4. The van der Waals surface area contributed by atoms with E-state index in [1.807, 2.05) is 32.2 Å². The minimum atomic E-state index is -1.14. The summed E-state index contributed by atoms with van der Waals surface area (Å²) in [6, 6.07) is 0. The summed E-state index contributed by atoms with van der Waals surface area (Å²) in [5.74, 6) is -0.494. The molecule has 0 aromatic carbocycles. The quantitative estimate of drug-likeness (QED) is 0.0395. The summed E-state index contributed by atoms with van der Waals surface area (Å²) in [5.41, 5.74) is 2.87. The summed E-state index contributed by atoms with van der Waals surface area (Å²) in [4.78, 5) is 12.0. The largest absolute Gasteiger partial charge is 0.396 e. The molecule has 250 valence electrons. The molecule has 0 amide bonds. The van der Waals surface area contributed by atoms with Crippen LogP contribution in [0.3, 0.4) is 0 Å². The Labute approximate surface area is 266 Å². The van der Waals surface area contributed by atoms with Crippen LogP contribution in [0.15, 0.2) is 58.7 Å². The van der Waals surface area contributed by atoms with E-state index in [1.165, 1.54) is 5.57 Å². The van der Waals surface area contributed by atoms with Gasteiger partial charge in [-0.3, -0.25) is 4.79 Å². The van der Waals surface area contributed by atoms with Crippen molar-refractivity contribution in [2.75, 3.05) is 53.1 Å². The third-order valence-corrected chi connectivity index (χ3v) is 9.85. The fourth-order valence-electron chi connectivity index (χ4n) is 7.51. The lowest BCUT2D eigenvalue weighted by molar-refractivity contribution is -0.180. The molecule has 6 N–H and O–H groups in total. The highest BCUT2D eigenvalue weighted by Crippen LogP contribution is 2.63. The lowest BCUT2D eigenvalue weighted by atomic mass is 9.51. The van der Waals surface area contributed by atoms with Crippen molar-refractivity contribution in [3.05, 3.63) is 58.7 Å². The molecule has 2 fully saturated rings. The summed E-state index contributed by atoms with van der Waals surface area (Å²) in [6.07, 6.45) is 13.9. The van der Waals surface area contributed by atoms with E-state index in [1.54, 1.807) is 0 Å². The number of carbonyl (C=O) groups excluding carboxylic acids is 1. The highest BCUT2D eigenvalue weighted by Gasteiger charge is 2.65. The number of hydrogen-bond acceptors (Lipinski definition) is 8. The van der Waals surface area contributed by atoms with Crippen molar-refractivity contribution in [1.82, 2.24) is 10.6 Å². The average Bonchev–Trinajstić information content (AvgIpc) is 3.36. The lowest BCUT2D eigenvalue weighted by Crippen LogP contribution is -2.61. The van der Waals surface area contributed by atoms with Crippen molar-refractivity contribution < 1.29 is 30.0 Å². The number of nitrogens with one attached hydrogen (secondary N) is 2. The molecule has 0 heterocycles. The maximum absolute atomic E-state index is 12.4. The number of aliphatic hydroxyl groups is 4. The van der Waals surface area contributed by atoms with E-state index in [0.717, 1.165) is 48.9 Å². The van der Waals surface area contributed by atoms with Crippen LogP contribution in [0.2, 0.25) is 0 Å². The van der Waals surface area contributed by atoms with E-state index in [2.05, 4.69) is 37.1 Å². The van der Waals surface area contributed by atoms with E-state index < -0.39 is 17.1 Å². The van der Waals surface area contributed by atoms with Gasteiger partial charge in [-0.15, -0.1) is 0 Å². The van der Waals surface area contributed by atoms with Crippen molar-refractivity contribution in [2.45, 2.75) is 90.3 Å². The van der Waals surface area contributed by atoms with Gasteiger partial charge in [-0.25, -0.2) is 0 Å². The van der Waals surface area contributed by atoms with Crippen molar-refractivity contribution in [3.8, 4) is 0 Å². The first-order chi connectivity index (χ1) is 21.1. The zero-order valence-corrected chi connectivity index (χ0v) is 27.7. The van der Waals surface area contributed by atoms with Crippen LogP contribution in [0.25, 0.3) is 0 Å². The molecule has 0 bridgehead atoms. The Bertz CT molecular complexity index is 1030. The van der Waals surface area contributed by atoms with Gasteiger partial charge in [0, 0.05) is 24.5 Å². The molecule has 0 saturated heterocycles. The molecule has 5 atom stereocenters. The summed E-state index contributed by atoms with van der Waals surface area (Å²) < 4.78 is 5.79. The van der Waals surface area contributed by atoms with Crippen LogP contribution >= 0.6 is 0 Å². The van der Waals surface area contributed by atoms with Gasteiger partial charge in [0.25, 0.3) is 0 Å². The molecular formula is C36H60N2O6. The van der Waals surface area contributed by atoms with Gasteiger partial charge in [0.2, 0.25) is 0 Å². The monoisotopic (exact) mass is 616 g/mol. The van der Waals surface area contributed by atoms with Crippen LogP contribution in [0, 0.1) is 17.3 Å². The van der Waals surface area contributed by atoms with E-state index in [9.17, 15) is 25.2 Å². The Balaban J connectivity index is 2.43. The molecule has 2 rings (SSSR count). The third-order valence-electron chi connectivity index (χ3n) is 9.85. The number of aliphatic hydroxyl groups excluding tert-OH is 3. The molecule has 0 radical (unpaired) electrons. The number of likely N-dealkylation sites (N-methyl/N-ethyl adjacent to an activating group) is 1. The standard InChI is InChI=1S/C36H60N2O6/c1-6-38-24-28(3)12-7-10-27(2)11-8-13-30(26-44-23-22-40)32-16-18-36(34(32)42)33(14-9-21-39)31(29(4)25-41)15-17-35(36,43)19-20-37-5/h8,11-13,25,32-34,37-40,42-43H,2,6-7,9-10,14-24,26H2,1,3-5H3. The minimum Gasteiger partial charge on any atom is -0.396 e. The summed E-state index contributed by atoms with van der Waals surface area (Å²) in [6.45, 7) is 13.1. The normalized spacial score (nSPS) is 29.1. The van der Waals surface area contributed by atoms with Crippen LogP contribution in [-0.2, 0) is 9.53 Å². The zero-order chi connectivity index (χ0) is 32.6. The number of hydrogen-bond donors (Lipinski definition) is 6. The molecule has 2 aliphatic rings. The SMILES string of the molecule is C=C(C=CC=C(COCCO)C1CCC2(C(CCCO)C(=C(C)C=O)CCC2(O)CCNC)C1O)CCC=C(C)CNCC. The highest BCUT2D eigenvalue weighted by molar-refractivity contribution is 5.74. The van der Waals surface area contributed by atoms with E-state index in [-0.39, 0.29) is 38.3 Å². The molecule has 2 aliphatic carbocycles. The summed E-state index contributed by atoms with van der Waals surface area (Å²) in [7, 11) is 1.86. The molecule has 0 aliphatic heterocycles. The van der Waals surface area contributed by atoms with Crippen LogP contribution in [0.1, 0.15) is 78.6 Å². The zero-order valence-electron chi connectivity index (χ0n) is 27.7. The van der Waals surface area contributed by atoms with E-state index in [4.69, 9.17) is 4.74 Å². The Kier molecular flexibility index (Phi) is 17.0. The summed E-state index contributed by atoms with van der Waals surface area (Å²) >= 11 is 0. The van der Waals surface area contributed by atoms with Gasteiger partial charge < -0.3 is 35.8 Å². The van der Waals surface area contributed by atoms with Crippen molar-refractivity contribution >= 4 is 6.29 Å². The number of aldehydes is 1. The van der Waals surface area contributed by atoms with Gasteiger partial charge in [-0.2, -0.15) is 0 Å².